The molecule has 0 aliphatic rings. The van der Waals surface area contributed by atoms with Gasteiger partial charge in [-0.15, -0.1) is 11.3 Å². The molecule has 2 N–H and O–H groups in total. The Morgan fingerprint density at radius 2 is 2.21 bits per heavy atom. The van der Waals surface area contributed by atoms with Gasteiger partial charge in [0.1, 0.15) is 6.04 Å². The van der Waals surface area contributed by atoms with Crippen molar-refractivity contribution in [2.45, 2.75) is 13.0 Å². The molecule has 1 aromatic heterocycles. The summed E-state index contributed by atoms with van der Waals surface area (Å²) >= 11 is 13.3. The number of thiazole rings is 1. The van der Waals surface area contributed by atoms with Gasteiger partial charge in [0, 0.05) is 16.6 Å². The molecule has 0 saturated heterocycles. The molecule has 0 unspecified atom stereocenters. The van der Waals surface area contributed by atoms with Crippen LogP contribution in [0.5, 0.6) is 0 Å². The van der Waals surface area contributed by atoms with Crippen LogP contribution in [-0.2, 0) is 4.79 Å². The molecule has 0 saturated carbocycles. The van der Waals surface area contributed by atoms with Gasteiger partial charge in [0.15, 0.2) is 5.13 Å². The summed E-state index contributed by atoms with van der Waals surface area (Å²) < 4.78 is 0. The Morgan fingerprint density at radius 3 is 2.89 bits per heavy atom. The quantitative estimate of drug-likeness (QED) is 0.900. The lowest BCUT2D eigenvalue weighted by Crippen LogP contribution is -2.31. The number of aromatic nitrogens is 1. The molecule has 1 aromatic carbocycles. The van der Waals surface area contributed by atoms with E-state index in [1.807, 2.05) is 0 Å². The van der Waals surface area contributed by atoms with E-state index in [1.54, 1.807) is 36.7 Å². The number of halogens is 2. The SMILES string of the molecule is C[C@H](Nc1cc(Cl)ccc1Cl)C(=O)Nc1nccs1. The van der Waals surface area contributed by atoms with Gasteiger partial charge in [-0.05, 0) is 25.1 Å². The average molecular weight is 316 g/mol. The Morgan fingerprint density at radius 1 is 1.42 bits per heavy atom. The predicted molar refractivity (Wildman–Crippen MR) is 80.3 cm³/mol. The molecule has 7 heteroatoms. The molecule has 0 spiro atoms. The number of benzene rings is 1. The van der Waals surface area contributed by atoms with E-state index < -0.39 is 6.04 Å². The fourth-order valence-corrected chi connectivity index (χ4v) is 2.28. The first-order valence-electron chi connectivity index (χ1n) is 5.48. The zero-order valence-electron chi connectivity index (χ0n) is 9.98. The third-order valence-electron chi connectivity index (χ3n) is 2.36. The Balaban J connectivity index is 2.02. The van der Waals surface area contributed by atoms with E-state index in [4.69, 9.17) is 23.2 Å². The van der Waals surface area contributed by atoms with Crippen molar-refractivity contribution >= 4 is 51.3 Å². The first kappa shape index (κ1) is 14.1. The van der Waals surface area contributed by atoms with E-state index >= 15 is 0 Å². The number of hydrogen-bond donors (Lipinski definition) is 2. The number of anilines is 2. The van der Waals surface area contributed by atoms with Gasteiger partial charge in [-0.25, -0.2) is 4.98 Å². The van der Waals surface area contributed by atoms with E-state index in [9.17, 15) is 4.79 Å². The summed E-state index contributed by atoms with van der Waals surface area (Å²) in [6, 6.07) is 4.59. The van der Waals surface area contributed by atoms with Crippen molar-refractivity contribution in [1.29, 1.82) is 0 Å². The van der Waals surface area contributed by atoms with Crippen molar-refractivity contribution in [2.75, 3.05) is 10.6 Å². The molecule has 0 fully saturated rings. The summed E-state index contributed by atoms with van der Waals surface area (Å²) in [4.78, 5) is 15.9. The second-order valence-electron chi connectivity index (χ2n) is 3.82. The number of nitrogens with zero attached hydrogens (tertiary/aromatic N) is 1. The van der Waals surface area contributed by atoms with Crippen LogP contribution in [0.25, 0.3) is 0 Å². The minimum Gasteiger partial charge on any atom is -0.373 e. The molecular weight excluding hydrogens is 305 g/mol. The second-order valence-corrected chi connectivity index (χ2v) is 5.55. The maximum absolute atomic E-state index is 11.9. The van der Waals surface area contributed by atoms with Gasteiger partial charge >= 0.3 is 0 Å². The van der Waals surface area contributed by atoms with E-state index in [0.29, 0.717) is 20.9 Å². The number of amides is 1. The van der Waals surface area contributed by atoms with Crippen molar-refractivity contribution in [3.05, 3.63) is 39.8 Å². The van der Waals surface area contributed by atoms with Crippen molar-refractivity contribution in [2.24, 2.45) is 0 Å². The largest absolute Gasteiger partial charge is 0.373 e. The minimum absolute atomic E-state index is 0.189. The fraction of sp³-hybridized carbons (Fsp3) is 0.167. The molecule has 100 valence electrons. The van der Waals surface area contributed by atoms with Crippen molar-refractivity contribution in [3.8, 4) is 0 Å². The van der Waals surface area contributed by atoms with Gasteiger partial charge in [0.05, 0.1) is 10.7 Å². The smallest absolute Gasteiger partial charge is 0.248 e. The van der Waals surface area contributed by atoms with E-state index in [2.05, 4.69) is 15.6 Å². The number of carbonyl (C=O) groups is 1. The molecule has 0 aliphatic heterocycles. The third-order valence-corrected chi connectivity index (χ3v) is 3.61. The Kier molecular flexibility index (Phi) is 4.63. The first-order valence-corrected chi connectivity index (χ1v) is 7.12. The highest BCUT2D eigenvalue weighted by atomic mass is 35.5. The van der Waals surface area contributed by atoms with Crippen LogP contribution < -0.4 is 10.6 Å². The predicted octanol–water partition coefficient (Wildman–Crippen LogP) is 3.89. The standard InChI is InChI=1S/C12H11Cl2N3OS/c1-7(11(18)17-12-15-4-5-19-12)16-10-6-8(13)2-3-9(10)14/h2-7,16H,1H3,(H,15,17,18)/t7-/m0/s1. The lowest BCUT2D eigenvalue weighted by Gasteiger charge is -2.15. The summed E-state index contributed by atoms with van der Waals surface area (Å²) in [5, 5.41) is 9.14. The van der Waals surface area contributed by atoms with Gasteiger partial charge in [-0.2, -0.15) is 0 Å². The third kappa shape index (κ3) is 3.83. The summed E-state index contributed by atoms with van der Waals surface area (Å²) in [5.74, 6) is -0.189. The first-order chi connectivity index (χ1) is 9.06. The Hall–Kier alpha value is -1.30. The average Bonchev–Trinajstić information content (AvgIpc) is 2.86. The van der Waals surface area contributed by atoms with Crippen LogP contribution in [0.2, 0.25) is 10.0 Å². The van der Waals surface area contributed by atoms with Crippen LogP contribution in [0.4, 0.5) is 10.8 Å². The molecule has 4 nitrogen and oxygen atoms in total. The molecule has 0 aliphatic carbocycles. The van der Waals surface area contributed by atoms with Crippen molar-refractivity contribution < 1.29 is 4.79 Å². The highest BCUT2D eigenvalue weighted by molar-refractivity contribution is 7.13. The maximum atomic E-state index is 11.9. The van der Waals surface area contributed by atoms with E-state index in [0.717, 1.165) is 0 Å². The highest BCUT2D eigenvalue weighted by Crippen LogP contribution is 2.26. The number of nitrogens with one attached hydrogen (secondary N) is 2. The minimum atomic E-state index is -0.458. The zero-order valence-corrected chi connectivity index (χ0v) is 12.3. The number of carbonyl (C=O) groups excluding carboxylic acids is 1. The Labute approximate surface area is 124 Å². The highest BCUT2D eigenvalue weighted by Gasteiger charge is 2.15. The monoisotopic (exact) mass is 315 g/mol. The summed E-state index contributed by atoms with van der Waals surface area (Å²) in [5.41, 5.74) is 0.621. The number of hydrogen-bond acceptors (Lipinski definition) is 4. The topological polar surface area (TPSA) is 54.0 Å². The van der Waals surface area contributed by atoms with Gasteiger partial charge in [-0.3, -0.25) is 4.79 Å². The van der Waals surface area contributed by atoms with Gasteiger partial charge < -0.3 is 10.6 Å². The number of rotatable bonds is 4. The van der Waals surface area contributed by atoms with Crippen molar-refractivity contribution in [3.63, 3.8) is 0 Å². The molecule has 0 bridgehead atoms. The van der Waals surface area contributed by atoms with Gasteiger partial charge in [-0.1, -0.05) is 23.2 Å². The van der Waals surface area contributed by atoms with Crippen LogP contribution >= 0.6 is 34.5 Å². The fourth-order valence-electron chi connectivity index (χ4n) is 1.41. The molecule has 19 heavy (non-hydrogen) atoms. The normalized spacial score (nSPS) is 11.9. The molecule has 1 amide bonds. The summed E-state index contributed by atoms with van der Waals surface area (Å²) in [6.45, 7) is 1.74. The van der Waals surface area contributed by atoms with E-state index in [-0.39, 0.29) is 5.91 Å². The van der Waals surface area contributed by atoms with Crippen LogP contribution in [0.15, 0.2) is 29.8 Å². The lowest BCUT2D eigenvalue weighted by molar-refractivity contribution is -0.116. The summed E-state index contributed by atoms with van der Waals surface area (Å²) in [6.07, 6.45) is 1.63. The van der Waals surface area contributed by atoms with Crippen LogP contribution in [0.3, 0.4) is 0 Å². The van der Waals surface area contributed by atoms with Crippen molar-refractivity contribution in [1.82, 2.24) is 4.98 Å². The molecular formula is C12H11Cl2N3OS. The van der Waals surface area contributed by atoms with Gasteiger partial charge in [0.2, 0.25) is 5.91 Å². The zero-order chi connectivity index (χ0) is 13.8. The Bertz CT molecular complexity index is 574. The second kappa shape index (κ2) is 6.23. The maximum Gasteiger partial charge on any atom is 0.248 e. The lowest BCUT2D eigenvalue weighted by atomic mass is 10.2. The van der Waals surface area contributed by atoms with Crippen LogP contribution in [0.1, 0.15) is 6.92 Å². The van der Waals surface area contributed by atoms with Gasteiger partial charge in [0.25, 0.3) is 0 Å². The van der Waals surface area contributed by atoms with E-state index in [1.165, 1.54) is 11.3 Å². The molecule has 0 radical (unpaired) electrons. The molecule has 2 aromatic rings. The van der Waals surface area contributed by atoms with Crippen LogP contribution in [0, 0.1) is 0 Å². The summed E-state index contributed by atoms with van der Waals surface area (Å²) in [7, 11) is 0. The molecule has 1 heterocycles. The van der Waals surface area contributed by atoms with Crippen LogP contribution in [-0.4, -0.2) is 16.9 Å². The molecule has 1 atom stereocenters. The molecule has 2 rings (SSSR count).